The van der Waals surface area contributed by atoms with Crippen LogP contribution in [0.1, 0.15) is 200 Å². The quantitative estimate of drug-likeness (QED) is 0.0239. The number of unbranched alkanes of at least 4 members (excludes halogenated alkanes) is 20. The van der Waals surface area contributed by atoms with Gasteiger partial charge in [-0.1, -0.05) is 190 Å². The van der Waals surface area contributed by atoms with Crippen molar-refractivity contribution in [1.82, 2.24) is 5.32 Å². The zero-order chi connectivity index (χ0) is 42.5. The fourth-order valence-electron chi connectivity index (χ4n) is 6.23. The summed E-state index contributed by atoms with van der Waals surface area (Å²) in [5.74, 6) is -0.547. The molecular weight excluding hydrogens is 750 g/mol. The number of hydrogen-bond acceptors (Lipinski definition) is 7. The topological polar surface area (TPSA) is 131 Å². The molecule has 58 heavy (non-hydrogen) atoms. The lowest BCUT2D eigenvalue weighted by atomic mass is 10.0. The van der Waals surface area contributed by atoms with Gasteiger partial charge in [0.25, 0.3) is 0 Å². The molecule has 0 aromatic heterocycles. The molecule has 0 bridgehead atoms. The van der Waals surface area contributed by atoms with Crippen molar-refractivity contribution in [3.8, 4) is 0 Å². The number of carbonyl (C=O) groups excluding carboxylic acids is 2. The number of hydrogen-bond donors (Lipinski definition) is 3. The van der Waals surface area contributed by atoms with E-state index < -0.39 is 26.5 Å². The van der Waals surface area contributed by atoms with Crippen molar-refractivity contribution < 1.29 is 37.9 Å². The van der Waals surface area contributed by atoms with Crippen molar-refractivity contribution >= 4 is 19.7 Å². The maximum absolute atomic E-state index is 12.1. The molecule has 0 aliphatic carbocycles. The van der Waals surface area contributed by atoms with Crippen molar-refractivity contribution in [2.45, 2.75) is 206 Å². The molecule has 0 spiro atoms. The third-order valence-electron chi connectivity index (χ3n) is 9.71. The zero-order valence-corrected chi connectivity index (χ0v) is 37.9. The summed E-state index contributed by atoms with van der Waals surface area (Å²) in [6, 6.07) is 0. The lowest BCUT2D eigenvalue weighted by molar-refractivity contribution is -0.147. The number of ether oxygens (including phenoxy) is 1. The van der Waals surface area contributed by atoms with Gasteiger partial charge in [-0.25, -0.2) is 4.57 Å². The van der Waals surface area contributed by atoms with Crippen LogP contribution in [0.4, 0.5) is 0 Å². The third kappa shape index (κ3) is 44.8. The molecule has 1 amide bonds. The van der Waals surface area contributed by atoms with Gasteiger partial charge in [-0.2, -0.15) is 0 Å². The van der Waals surface area contributed by atoms with E-state index in [4.69, 9.17) is 13.8 Å². The molecule has 3 N–H and O–H groups in total. The van der Waals surface area contributed by atoms with Gasteiger partial charge < -0.3 is 20.1 Å². The minimum atomic E-state index is -4.43. The van der Waals surface area contributed by atoms with Gasteiger partial charge in [0.05, 0.1) is 13.2 Å². The Bertz CT molecular complexity index is 1130. The molecule has 2 unspecified atom stereocenters. The number of rotatable bonds is 43. The maximum atomic E-state index is 12.1. The van der Waals surface area contributed by atoms with Gasteiger partial charge in [0.15, 0.2) is 0 Å². The summed E-state index contributed by atoms with van der Waals surface area (Å²) in [6.45, 7) is 3.42. The number of nitrogens with one attached hydrogen (secondary N) is 1. The number of amides is 1. The van der Waals surface area contributed by atoms with Crippen LogP contribution in [0.5, 0.6) is 0 Å². The first-order valence-corrected chi connectivity index (χ1v) is 24.8. The molecule has 9 nitrogen and oxygen atoms in total. The number of phosphoric acid groups is 1. The molecule has 0 aromatic carbocycles. The highest BCUT2D eigenvalue weighted by Gasteiger charge is 2.23. The molecule has 0 heterocycles. The SMILES string of the molecule is CC/C=C\C/C=C\C/C=C\C/C=C\C/C=C\CCCCCC(=O)OCC(O)COP(=O)(O)OCCNC(=O)CCCCCCCCCCCCCCCCCCCC. The van der Waals surface area contributed by atoms with Crippen LogP contribution in [0.3, 0.4) is 0 Å². The molecule has 0 aliphatic heterocycles. The summed E-state index contributed by atoms with van der Waals surface area (Å²) < 4.78 is 26.9. The third-order valence-corrected chi connectivity index (χ3v) is 10.7. The molecule has 0 fully saturated rings. The van der Waals surface area contributed by atoms with Gasteiger partial charge in [0.1, 0.15) is 12.7 Å². The van der Waals surface area contributed by atoms with Crippen molar-refractivity contribution in [1.29, 1.82) is 0 Å². The van der Waals surface area contributed by atoms with Gasteiger partial charge in [-0.3, -0.25) is 18.6 Å². The summed E-state index contributed by atoms with van der Waals surface area (Å²) in [6.07, 6.45) is 53.0. The van der Waals surface area contributed by atoms with Crippen molar-refractivity contribution in [2.75, 3.05) is 26.4 Å². The van der Waals surface area contributed by atoms with Crippen LogP contribution in [0.2, 0.25) is 0 Å². The normalized spacial score (nSPS) is 13.8. The Balaban J connectivity index is 3.63. The predicted octanol–water partition coefficient (Wildman–Crippen LogP) is 13.3. The second-order valence-corrected chi connectivity index (χ2v) is 16.8. The number of allylic oxidation sites excluding steroid dienone is 10. The smallest absolute Gasteiger partial charge is 0.463 e. The lowest BCUT2D eigenvalue weighted by Gasteiger charge is -2.15. The number of carbonyl (C=O) groups is 2. The molecule has 2 atom stereocenters. The van der Waals surface area contributed by atoms with Gasteiger partial charge in [-0.05, 0) is 57.8 Å². The first kappa shape index (κ1) is 55.7. The van der Waals surface area contributed by atoms with Crippen LogP contribution in [0, 0.1) is 0 Å². The first-order chi connectivity index (χ1) is 28.3. The minimum absolute atomic E-state index is 0.0777. The number of phosphoric ester groups is 1. The lowest BCUT2D eigenvalue weighted by Crippen LogP contribution is -2.27. The molecule has 0 aliphatic rings. The van der Waals surface area contributed by atoms with Crippen LogP contribution >= 0.6 is 7.82 Å². The Kier molecular flexibility index (Phi) is 42.5. The highest BCUT2D eigenvalue weighted by molar-refractivity contribution is 7.47. The largest absolute Gasteiger partial charge is 0.472 e. The van der Waals surface area contributed by atoms with E-state index >= 15 is 0 Å². The van der Waals surface area contributed by atoms with E-state index in [-0.39, 0.29) is 32.1 Å². The van der Waals surface area contributed by atoms with Gasteiger partial charge >= 0.3 is 13.8 Å². The summed E-state index contributed by atoms with van der Waals surface area (Å²) in [5, 5.41) is 12.7. The van der Waals surface area contributed by atoms with Crippen molar-refractivity contribution in [3.63, 3.8) is 0 Å². The van der Waals surface area contributed by atoms with Gasteiger partial charge in [-0.15, -0.1) is 0 Å². The summed E-state index contributed by atoms with van der Waals surface area (Å²) >= 11 is 0. The van der Waals surface area contributed by atoms with Crippen LogP contribution < -0.4 is 5.32 Å². The van der Waals surface area contributed by atoms with E-state index in [1.807, 2.05) is 0 Å². The average molecular weight is 836 g/mol. The second-order valence-electron chi connectivity index (χ2n) is 15.4. The van der Waals surface area contributed by atoms with E-state index in [9.17, 15) is 24.2 Å². The first-order valence-electron chi connectivity index (χ1n) is 23.3. The molecule has 0 rings (SSSR count). The molecule has 10 heteroatoms. The highest BCUT2D eigenvalue weighted by Crippen LogP contribution is 2.42. The zero-order valence-electron chi connectivity index (χ0n) is 37.0. The Morgan fingerprint density at radius 2 is 0.983 bits per heavy atom. The summed E-state index contributed by atoms with van der Waals surface area (Å²) in [4.78, 5) is 34.0. The molecule has 0 aromatic rings. The Morgan fingerprint density at radius 1 is 0.552 bits per heavy atom. The fraction of sp³-hybridized carbons (Fsp3) is 0.750. The van der Waals surface area contributed by atoms with Gasteiger partial charge in [0, 0.05) is 19.4 Å². The average Bonchev–Trinajstić information content (AvgIpc) is 3.21. The standard InChI is InChI=1S/C48H86NO8P/c1-3-5-7-9-11-13-15-17-19-21-23-25-27-29-31-33-35-37-39-41-48(52)55-44-46(50)45-57-58(53,54)56-43-42-49-47(51)40-38-36-34-32-30-28-26-24-22-20-18-16-14-12-10-8-6-4-2/h5,7,11,13,17,19,23,25,29,31,46,50H,3-4,6,8-10,12,14-16,18,20-22,24,26-28,30,32-45H2,1-2H3,(H,49,51)(H,53,54)/b7-5-,13-11-,19-17-,25-23-,31-29-. The van der Waals surface area contributed by atoms with E-state index in [0.717, 1.165) is 70.6 Å². The molecule has 336 valence electrons. The fourth-order valence-corrected chi connectivity index (χ4v) is 6.99. The molecule has 0 saturated carbocycles. The molecular formula is C48H86NO8P. The Morgan fingerprint density at radius 3 is 1.48 bits per heavy atom. The van der Waals surface area contributed by atoms with Crippen molar-refractivity contribution in [2.24, 2.45) is 0 Å². The van der Waals surface area contributed by atoms with E-state index in [1.165, 1.54) is 96.3 Å². The molecule has 0 radical (unpaired) electrons. The Labute approximate surface area is 355 Å². The summed E-state index contributed by atoms with van der Waals surface area (Å²) in [7, 11) is -4.43. The van der Waals surface area contributed by atoms with Crippen molar-refractivity contribution in [3.05, 3.63) is 60.8 Å². The van der Waals surface area contributed by atoms with Crippen LogP contribution in [0.15, 0.2) is 60.8 Å². The number of aliphatic hydroxyl groups excluding tert-OH is 1. The maximum Gasteiger partial charge on any atom is 0.472 e. The molecule has 0 saturated heterocycles. The van der Waals surface area contributed by atoms with E-state index in [1.54, 1.807) is 0 Å². The number of aliphatic hydroxyl groups is 1. The highest BCUT2D eigenvalue weighted by atomic mass is 31.2. The minimum Gasteiger partial charge on any atom is -0.463 e. The van der Waals surface area contributed by atoms with Gasteiger partial charge in [0.2, 0.25) is 5.91 Å². The van der Waals surface area contributed by atoms with E-state index in [0.29, 0.717) is 12.8 Å². The summed E-state index contributed by atoms with van der Waals surface area (Å²) in [5.41, 5.74) is 0. The van der Waals surface area contributed by atoms with E-state index in [2.05, 4.69) is 79.9 Å². The predicted molar refractivity (Wildman–Crippen MR) is 243 cm³/mol. The van der Waals surface area contributed by atoms with Crippen LogP contribution in [-0.2, 0) is 27.9 Å². The monoisotopic (exact) mass is 836 g/mol. The Hall–Kier alpha value is -2.29. The van der Waals surface area contributed by atoms with Crippen LogP contribution in [-0.4, -0.2) is 54.3 Å². The second kappa shape index (κ2) is 44.3. The number of esters is 1. The van der Waals surface area contributed by atoms with Crippen LogP contribution in [0.25, 0.3) is 0 Å².